The van der Waals surface area contributed by atoms with Gasteiger partial charge in [-0.1, -0.05) is 0 Å². The van der Waals surface area contributed by atoms with Gasteiger partial charge in [-0.3, -0.25) is 0 Å². The highest BCUT2D eigenvalue weighted by molar-refractivity contribution is 5.58. The number of furan rings is 1. The van der Waals surface area contributed by atoms with E-state index in [1.54, 1.807) is 25.6 Å². The summed E-state index contributed by atoms with van der Waals surface area (Å²) in [7, 11) is 1.54. The fourth-order valence-corrected chi connectivity index (χ4v) is 1.26. The first-order valence-corrected chi connectivity index (χ1v) is 4.49. The number of nitrogens with two attached hydrogens (primary N) is 1. The number of aromatic nitrogens is 2. The molecule has 5 heteroatoms. The molecule has 0 saturated heterocycles. The molecule has 2 N–H and O–H groups in total. The molecule has 2 aromatic rings. The molecule has 0 atom stereocenters. The average molecular weight is 205 g/mol. The van der Waals surface area contributed by atoms with Gasteiger partial charge >= 0.3 is 0 Å². The van der Waals surface area contributed by atoms with Crippen LogP contribution in [0, 0.1) is 0 Å². The van der Waals surface area contributed by atoms with Crippen LogP contribution in [0.1, 0.15) is 5.76 Å². The molecule has 0 aliphatic carbocycles. The summed E-state index contributed by atoms with van der Waals surface area (Å²) in [6.07, 6.45) is 3.15. The maximum absolute atomic E-state index is 5.45. The number of rotatable bonds is 3. The first-order valence-electron chi connectivity index (χ1n) is 4.49. The second kappa shape index (κ2) is 4.10. The van der Waals surface area contributed by atoms with Gasteiger partial charge in [-0.25, -0.2) is 9.97 Å². The molecule has 0 saturated carbocycles. The second-order valence-corrected chi connectivity index (χ2v) is 2.88. The van der Waals surface area contributed by atoms with Crippen LogP contribution in [0.15, 0.2) is 28.9 Å². The van der Waals surface area contributed by atoms with Crippen molar-refractivity contribution in [1.82, 2.24) is 9.97 Å². The third-order valence-electron chi connectivity index (χ3n) is 1.95. The lowest BCUT2D eigenvalue weighted by molar-refractivity contribution is 0.395. The molecule has 0 aliphatic heterocycles. The van der Waals surface area contributed by atoms with Crippen LogP contribution in [0.5, 0.6) is 5.88 Å². The van der Waals surface area contributed by atoms with Gasteiger partial charge in [0.25, 0.3) is 0 Å². The third-order valence-corrected chi connectivity index (χ3v) is 1.95. The summed E-state index contributed by atoms with van der Waals surface area (Å²) in [4.78, 5) is 8.18. The zero-order chi connectivity index (χ0) is 10.7. The van der Waals surface area contributed by atoms with E-state index in [1.165, 1.54) is 0 Å². The second-order valence-electron chi connectivity index (χ2n) is 2.88. The fourth-order valence-electron chi connectivity index (χ4n) is 1.26. The van der Waals surface area contributed by atoms with Crippen molar-refractivity contribution >= 4 is 0 Å². The smallest absolute Gasteiger partial charge is 0.243 e. The summed E-state index contributed by atoms with van der Waals surface area (Å²) in [5.74, 6) is 1.76. The molecule has 0 aliphatic rings. The Hall–Kier alpha value is -1.88. The van der Waals surface area contributed by atoms with Crippen LogP contribution in [0.3, 0.4) is 0 Å². The van der Waals surface area contributed by atoms with Crippen molar-refractivity contribution in [3.63, 3.8) is 0 Å². The summed E-state index contributed by atoms with van der Waals surface area (Å²) < 4.78 is 10.5. The van der Waals surface area contributed by atoms with Gasteiger partial charge in [-0.05, 0) is 12.1 Å². The zero-order valence-electron chi connectivity index (χ0n) is 8.30. The SMILES string of the molecule is COc1nccnc1-c1ccc(CN)o1. The van der Waals surface area contributed by atoms with Gasteiger partial charge in [0.1, 0.15) is 5.76 Å². The third kappa shape index (κ3) is 1.82. The van der Waals surface area contributed by atoms with Crippen LogP contribution in [0.2, 0.25) is 0 Å². The van der Waals surface area contributed by atoms with E-state index in [2.05, 4.69) is 9.97 Å². The van der Waals surface area contributed by atoms with Crippen molar-refractivity contribution < 1.29 is 9.15 Å². The topological polar surface area (TPSA) is 74.2 Å². The molecule has 0 fully saturated rings. The van der Waals surface area contributed by atoms with Gasteiger partial charge in [0.05, 0.1) is 13.7 Å². The molecule has 78 valence electrons. The minimum Gasteiger partial charge on any atom is -0.479 e. The Morgan fingerprint density at radius 1 is 1.33 bits per heavy atom. The van der Waals surface area contributed by atoms with Crippen molar-refractivity contribution in [2.45, 2.75) is 6.54 Å². The first-order chi connectivity index (χ1) is 7.35. The molecule has 15 heavy (non-hydrogen) atoms. The summed E-state index contributed by atoms with van der Waals surface area (Å²) in [6, 6.07) is 3.61. The monoisotopic (exact) mass is 205 g/mol. The summed E-state index contributed by atoms with van der Waals surface area (Å²) in [5.41, 5.74) is 6.03. The minimum absolute atomic E-state index is 0.364. The molecular weight excluding hydrogens is 194 g/mol. The van der Waals surface area contributed by atoms with Gasteiger partial charge in [-0.2, -0.15) is 0 Å². The Morgan fingerprint density at radius 2 is 2.13 bits per heavy atom. The Bertz CT molecular complexity index is 453. The molecule has 0 aromatic carbocycles. The van der Waals surface area contributed by atoms with Gasteiger partial charge in [0.2, 0.25) is 5.88 Å². The number of ether oxygens (including phenoxy) is 1. The van der Waals surface area contributed by atoms with Gasteiger partial charge in [-0.15, -0.1) is 0 Å². The lowest BCUT2D eigenvalue weighted by Gasteiger charge is -2.02. The molecule has 0 unspecified atom stereocenters. The lowest BCUT2D eigenvalue weighted by atomic mass is 10.3. The summed E-state index contributed by atoms with van der Waals surface area (Å²) in [5, 5.41) is 0. The van der Waals surface area contributed by atoms with Crippen molar-refractivity contribution in [3.05, 3.63) is 30.3 Å². The first kappa shape index (κ1) is 9.67. The van der Waals surface area contributed by atoms with Crippen molar-refractivity contribution in [2.24, 2.45) is 5.73 Å². The molecule has 0 spiro atoms. The van der Waals surface area contributed by atoms with E-state index >= 15 is 0 Å². The maximum atomic E-state index is 5.45. The van der Waals surface area contributed by atoms with E-state index < -0.39 is 0 Å². The molecule has 0 radical (unpaired) electrons. The van der Waals surface area contributed by atoms with E-state index in [-0.39, 0.29) is 0 Å². The number of nitrogens with zero attached hydrogens (tertiary/aromatic N) is 2. The minimum atomic E-state index is 0.364. The van der Waals surface area contributed by atoms with Gasteiger partial charge in [0.15, 0.2) is 11.5 Å². The molecule has 2 rings (SSSR count). The van der Waals surface area contributed by atoms with Crippen molar-refractivity contribution in [3.8, 4) is 17.3 Å². The molecule has 0 amide bonds. The van der Waals surface area contributed by atoms with E-state index in [0.29, 0.717) is 29.6 Å². The van der Waals surface area contributed by atoms with Crippen LogP contribution in [-0.2, 0) is 6.54 Å². The molecule has 2 heterocycles. The van der Waals surface area contributed by atoms with Gasteiger partial charge < -0.3 is 14.9 Å². The van der Waals surface area contributed by atoms with Gasteiger partial charge in [0, 0.05) is 12.4 Å². The van der Waals surface area contributed by atoms with Crippen molar-refractivity contribution in [2.75, 3.05) is 7.11 Å². The highest BCUT2D eigenvalue weighted by Crippen LogP contribution is 2.26. The number of hydrogen-bond donors (Lipinski definition) is 1. The summed E-state index contributed by atoms with van der Waals surface area (Å²) in [6.45, 7) is 0.364. The van der Waals surface area contributed by atoms with Crippen LogP contribution < -0.4 is 10.5 Å². The molecule has 5 nitrogen and oxygen atoms in total. The predicted molar refractivity (Wildman–Crippen MR) is 54.2 cm³/mol. The standard InChI is InChI=1S/C10H11N3O2/c1-14-10-9(12-4-5-13-10)8-3-2-7(6-11)15-8/h2-5H,6,11H2,1H3. The molecular formula is C10H11N3O2. The quantitative estimate of drug-likeness (QED) is 0.815. The lowest BCUT2D eigenvalue weighted by Crippen LogP contribution is -1.94. The van der Waals surface area contributed by atoms with Crippen LogP contribution in [0.4, 0.5) is 0 Å². The molecule has 0 bridgehead atoms. The fraction of sp³-hybridized carbons (Fsp3) is 0.200. The average Bonchev–Trinajstić information content (AvgIpc) is 2.77. The van der Waals surface area contributed by atoms with Crippen LogP contribution in [0.25, 0.3) is 11.5 Å². The maximum Gasteiger partial charge on any atom is 0.243 e. The van der Waals surface area contributed by atoms with E-state index in [4.69, 9.17) is 14.9 Å². The largest absolute Gasteiger partial charge is 0.479 e. The van der Waals surface area contributed by atoms with E-state index in [1.807, 2.05) is 6.07 Å². The highest BCUT2D eigenvalue weighted by Gasteiger charge is 2.11. The number of hydrogen-bond acceptors (Lipinski definition) is 5. The van der Waals surface area contributed by atoms with Crippen LogP contribution >= 0.6 is 0 Å². The van der Waals surface area contributed by atoms with Crippen molar-refractivity contribution in [1.29, 1.82) is 0 Å². The molecule has 2 aromatic heterocycles. The Kier molecular flexibility index (Phi) is 2.64. The normalized spacial score (nSPS) is 10.3. The summed E-state index contributed by atoms with van der Waals surface area (Å²) >= 11 is 0. The van der Waals surface area contributed by atoms with E-state index in [0.717, 1.165) is 0 Å². The number of methoxy groups -OCH3 is 1. The van der Waals surface area contributed by atoms with E-state index in [9.17, 15) is 0 Å². The predicted octanol–water partition coefficient (Wildman–Crippen LogP) is 1.20. The highest BCUT2D eigenvalue weighted by atomic mass is 16.5. The zero-order valence-corrected chi connectivity index (χ0v) is 8.30. The Morgan fingerprint density at radius 3 is 2.80 bits per heavy atom. The Balaban J connectivity index is 2.44. The Labute approximate surface area is 86.9 Å². The van der Waals surface area contributed by atoms with Crippen LogP contribution in [-0.4, -0.2) is 17.1 Å².